The van der Waals surface area contributed by atoms with E-state index in [-0.39, 0.29) is 11.9 Å². The fourth-order valence-electron chi connectivity index (χ4n) is 2.34. The van der Waals surface area contributed by atoms with E-state index in [0.717, 1.165) is 32.2 Å². The van der Waals surface area contributed by atoms with Gasteiger partial charge in [0.2, 0.25) is 5.91 Å². The predicted octanol–water partition coefficient (Wildman–Crippen LogP) is 2.60. The van der Waals surface area contributed by atoms with Crippen LogP contribution in [-0.4, -0.2) is 31.6 Å². The van der Waals surface area contributed by atoms with Gasteiger partial charge in [0.05, 0.1) is 29.4 Å². The Hall–Kier alpha value is -1.59. The standard InChI is InChI=1S/C15H19ClN2O3/c1-21-15(20)10-6-7-11(16)13(9-10)18-14(19)12-5-3-2-4-8-17-12/h6-7,9,12,17H,2-5,8H2,1H3,(H,18,19). The van der Waals surface area contributed by atoms with Gasteiger partial charge in [-0.3, -0.25) is 4.79 Å². The summed E-state index contributed by atoms with van der Waals surface area (Å²) in [5, 5.41) is 6.40. The summed E-state index contributed by atoms with van der Waals surface area (Å²) in [5.74, 6) is -0.587. The number of benzene rings is 1. The maximum absolute atomic E-state index is 12.3. The molecule has 0 spiro atoms. The van der Waals surface area contributed by atoms with Crippen LogP contribution in [0.15, 0.2) is 18.2 Å². The molecule has 1 aromatic rings. The fourth-order valence-corrected chi connectivity index (χ4v) is 2.50. The summed E-state index contributed by atoms with van der Waals surface area (Å²) >= 11 is 6.07. The van der Waals surface area contributed by atoms with E-state index in [1.54, 1.807) is 12.1 Å². The summed E-state index contributed by atoms with van der Waals surface area (Å²) < 4.78 is 4.66. The molecular formula is C15H19ClN2O3. The van der Waals surface area contributed by atoms with Gasteiger partial charge in [-0.1, -0.05) is 24.4 Å². The number of esters is 1. The number of hydrogen-bond acceptors (Lipinski definition) is 4. The molecule has 1 amide bonds. The van der Waals surface area contributed by atoms with Gasteiger partial charge in [0.15, 0.2) is 0 Å². The van der Waals surface area contributed by atoms with Gasteiger partial charge in [0.25, 0.3) is 0 Å². The molecule has 6 heteroatoms. The van der Waals surface area contributed by atoms with E-state index in [1.807, 2.05) is 0 Å². The first-order chi connectivity index (χ1) is 10.1. The highest BCUT2D eigenvalue weighted by molar-refractivity contribution is 6.34. The molecule has 1 saturated heterocycles. The highest BCUT2D eigenvalue weighted by Gasteiger charge is 2.20. The first-order valence-electron chi connectivity index (χ1n) is 7.04. The van der Waals surface area contributed by atoms with Crippen LogP contribution in [0.2, 0.25) is 5.02 Å². The number of anilines is 1. The second kappa shape index (κ2) is 7.43. The number of halogens is 1. The quantitative estimate of drug-likeness (QED) is 0.842. The third kappa shape index (κ3) is 4.19. The number of amides is 1. The molecule has 1 heterocycles. The molecular weight excluding hydrogens is 292 g/mol. The van der Waals surface area contributed by atoms with Gasteiger partial charge in [-0.05, 0) is 37.6 Å². The van der Waals surface area contributed by atoms with Crippen LogP contribution in [0.4, 0.5) is 5.69 Å². The van der Waals surface area contributed by atoms with Crippen molar-refractivity contribution in [3.05, 3.63) is 28.8 Å². The molecule has 1 unspecified atom stereocenters. The highest BCUT2D eigenvalue weighted by Crippen LogP contribution is 2.24. The Labute approximate surface area is 129 Å². The molecule has 0 bridgehead atoms. The molecule has 0 saturated carbocycles. The molecule has 1 fully saturated rings. The van der Waals surface area contributed by atoms with Gasteiger partial charge < -0.3 is 15.4 Å². The zero-order chi connectivity index (χ0) is 15.2. The Morgan fingerprint density at radius 2 is 2.14 bits per heavy atom. The van der Waals surface area contributed by atoms with Gasteiger partial charge in [-0.2, -0.15) is 0 Å². The molecule has 2 N–H and O–H groups in total. The van der Waals surface area contributed by atoms with Crippen LogP contribution in [0.1, 0.15) is 36.0 Å². The number of rotatable bonds is 3. The van der Waals surface area contributed by atoms with E-state index in [9.17, 15) is 9.59 Å². The molecule has 5 nitrogen and oxygen atoms in total. The average Bonchev–Trinajstić information content (AvgIpc) is 2.77. The Morgan fingerprint density at radius 1 is 1.33 bits per heavy atom. The van der Waals surface area contributed by atoms with E-state index in [4.69, 9.17) is 11.6 Å². The number of methoxy groups -OCH3 is 1. The van der Waals surface area contributed by atoms with Crippen LogP contribution in [0.3, 0.4) is 0 Å². The van der Waals surface area contributed by atoms with Crippen molar-refractivity contribution in [1.29, 1.82) is 0 Å². The van der Waals surface area contributed by atoms with E-state index in [0.29, 0.717) is 16.3 Å². The van der Waals surface area contributed by atoms with Gasteiger partial charge >= 0.3 is 5.97 Å². The molecule has 1 aromatic carbocycles. The summed E-state index contributed by atoms with van der Waals surface area (Å²) in [5.41, 5.74) is 0.779. The SMILES string of the molecule is COC(=O)c1ccc(Cl)c(NC(=O)C2CCCCCN2)c1. The van der Waals surface area contributed by atoms with Crippen LogP contribution < -0.4 is 10.6 Å². The van der Waals surface area contributed by atoms with E-state index in [1.165, 1.54) is 13.2 Å². The van der Waals surface area contributed by atoms with Gasteiger partial charge in [0.1, 0.15) is 0 Å². The summed E-state index contributed by atoms with van der Waals surface area (Å²) in [6.45, 7) is 0.841. The van der Waals surface area contributed by atoms with Gasteiger partial charge in [0, 0.05) is 0 Å². The maximum atomic E-state index is 12.3. The minimum absolute atomic E-state index is 0.124. The van der Waals surface area contributed by atoms with Crippen molar-refractivity contribution in [2.75, 3.05) is 19.0 Å². The molecule has 1 aliphatic heterocycles. The second-order valence-electron chi connectivity index (χ2n) is 5.03. The number of nitrogens with one attached hydrogen (secondary N) is 2. The fraction of sp³-hybridized carbons (Fsp3) is 0.467. The van der Waals surface area contributed by atoms with Crippen molar-refractivity contribution in [2.45, 2.75) is 31.7 Å². The number of carbonyl (C=O) groups is 2. The van der Waals surface area contributed by atoms with Gasteiger partial charge in [-0.15, -0.1) is 0 Å². The molecule has 0 aliphatic carbocycles. The number of carbonyl (C=O) groups excluding carboxylic acids is 2. The zero-order valence-electron chi connectivity index (χ0n) is 11.9. The van der Waals surface area contributed by atoms with Crippen molar-refractivity contribution >= 4 is 29.2 Å². The Bertz CT molecular complexity index is 526. The van der Waals surface area contributed by atoms with Gasteiger partial charge in [-0.25, -0.2) is 4.79 Å². The lowest BCUT2D eigenvalue weighted by Crippen LogP contribution is -2.39. The van der Waals surface area contributed by atoms with Crippen molar-refractivity contribution in [1.82, 2.24) is 5.32 Å². The third-order valence-corrected chi connectivity index (χ3v) is 3.85. The average molecular weight is 311 g/mol. The lowest BCUT2D eigenvalue weighted by molar-refractivity contribution is -0.118. The lowest BCUT2D eigenvalue weighted by atomic mass is 10.1. The Morgan fingerprint density at radius 3 is 2.90 bits per heavy atom. The maximum Gasteiger partial charge on any atom is 0.337 e. The predicted molar refractivity (Wildman–Crippen MR) is 81.7 cm³/mol. The molecule has 0 aromatic heterocycles. The first kappa shape index (κ1) is 15.8. The van der Waals surface area contributed by atoms with E-state index < -0.39 is 5.97 Å². The van der Waals surface area contributed by atoms with Crippen molar-refractivity contribution in [3.8, 4) is 0 Å². The summed E-state index contributed by atoms with van der Waals surface area (Å²) in [6, 6.07) is 4.45. The highest BCUT2D eigenvalue weighted by atomic mass is 35.5. The molecule has 1 atom stereocenters. The third-order valence-electron chi connectivity index (χ3n) is 3.52. The summed E-state index contributed by atoms with van der Waals surface area (Å²) in [6.07, 6.45) is 4.05. The number of ether oxygens (including phenoxy) is 1. The number of hydrogen-bond donors (Lipinski definition) is 2. The summed E-state index contributed by atoms with van der Waals surface area (Å²) in [4.78, 5) is 23.8. The Balaban J connectivity index is 2.10. The zero-order valence-corrected chi connectivity index (χ0v) is 12.7. The van der Waals surface area contributed by atoms with Crippen LogP contribution in [0.25, 0.3) is 0 Å². The normalized spacial score (nSPS) is 18.7. The molecule has 114 valence electrons. The van der Waals surface area contributed by atoms with E-state index >= 15 is 0 Å². The smallest absolute Gasteiger partial charge is 0.337 e. The molecule has 1 aliphatic rings. The monoisotopic (exact) mass is 310 g/mol. The largest absolute Gasteiger partial charge is 0.465 e. The minimum Gasteiger partial charge on any atom is -0.465 e. The molecule has 21 heavy (non-hydrogen) atoms. The lowest BCUT2D eigenvalue weighted by Gasteiger charge is -2.16. The van der Waals surface area contributed by atoms with Crippen LogP contribution in [0.5, 0.6) is 0 Å². The topological polar surface area (TPSA) is 67.4 Å². The van der Waals surface area contributed by atoms with E-state index in [2.05, 4.69) is 15.4 Å². The minimum atomic E-state index is -0.463. The van der Waals surface area contributed by atoms with Crippen molar-refractivity contribution < 1.29 is 14.3 Å². The molecule has 0 radical (unpaired) electrons. The second-order valence-corrected chi connectivity index (χ2v) is 5.44. The summed E-state index contributed by atoms with van der Waals surface area (Å²) in [7, 11) is 1.31. The first-order valence-corrected chi connectivity index (χ1v) is 7.41. The van der Waals surface area contributed by atoms with Crippen LogP contribution in [0, 0.1) is 0 Å². The van der Waals surface area contributed by atoms with Crippen LogP contribution in [-0.2, 0) is 9.53 Å². The Kier molecular flexibility index (Phi) is 5.59. The van der Waals surface area contributed by atoms with Crippen molar-refractivity contribution in [2.24, 2.45) is 0 Å². The molecule has 2 rings (SSSR count). The van der Waals surface area contributed by atoms with Crippen molar-refractivity contribution in [3.63, 3.8) is 0 Å². The van der Waals surface area contributed by atoms with Crippen LogP contribution >= 0.6 is 11.6 Å².